The van der Waals surface area contributed by atoms with E-state index in [1.807, 2.05) is 56.3 Å². The SMILES string of the molecule is Cc1cc(Cl)cc(C)c1N1CCC(C(=O)OCc2ccccc2)C1=O. The van der Waals surface area contributed by atoms with Gasteiger partial charge in [-0.2, -0.15) is 0 Å². The fraction of sp³-hybridized carbons (Fsp3) is 0.300. The van der Waals surface area contributed by atoms with Crippen molar-refractivity contribution in [1.29, 1.82) is 0 Å². The summed E-state index contributed by atoms with van der Waals surface area (Å²) in [6, 6.07) is 13.1. The Hall–Kier alpha value is -2.33. The van der Waals surface area contributed by atoms with E-state index in [0.29, 0.717) is 18.0 Å². The summed E-state index contributed by atoms with van der Waals surface area (Å²) in [5.74, 6) is -1.40. The number of amides is 1. The minimum atomic E-state index is -0.738. The molecule has 1 aliphatic rings. The highest BCUT2D eigenvalue weighted by Crippen LogP contribution is 2.33. The summed E-state index contributed by atoms with van der Waals surface area (Å²) >= 11 is 6.07. The van der Waals surface area contributed by atoms with Crippen LogP contribution in [-0.4, -0.2) is 18.4 Å². The van der Waals surface area contributed by atoms with Crippen LogP contribution in [0, 0.1) is 19.8 Å². The predicted molar refractivity (Wildman–Crippen MR) is 97.6 cm³/mol. The highest BCUT2D eigenvalue weighted by atomic mass is 35.5. The second-order valence-electron chi connectivity index (χ2n) is 6.31. The quantitative estimate of drug-likeness (QED) is 0.612. The number of benzene rings is 2. The van der Waals surface area contributed by atoms with Gasteiger partial charge < -0.3 is 9.64 Å². The lowest BCUT2D eigenvalue weighted by Crippen LogP contribution is -2.32. The molecule has 0 aromatic heterocycles. The Bertz CT molecular complexity index is 781. The Labute approximate surface area is 152 Å². The molecule has 1 fully saturated rings. The van der Waals surface area contributed by atoms with Crippen molar-refractivity contribution in [2.24, 2.45) is 5.92 Å². The number of esters is 1. The lowest BCUT2D eigenvalue weighted by molar-refractivity contribution is -0.152. The van der Waals surface area contributed by atoms with Gasteiger partial charge in [-0.3, -0.25) is 9.59 Å². The molecule has 5 heteroatoms. The summed E-state index contributed by atoms with van der Waals surface area (Å²) < 4.78 is 5.34. The Morgan fingerprint density at radius 3 is 2.48 bits per heavy atom. The summed E-state index contributed by atoms with van der Waals surface area (Å²) in [5, 5.41) is 0.643. The number of hydrogen-bond acceptors (Lipinski definition) is 3. The monoisotopic (exact) mass is 357 g/mol. The van der Waals surface area contributed by atoms with Gasteiger partial charge in [-0.1, -0.05) is 41.9 Å². The van der Waals surface area contributed by atoms with E-state index in [1.54, 1.807) is 4.90 Å². The molecule has 0 bridgehead atoms. The zero-order valence-electron chi connectivity index (χ0n) is 14.3. The minimum Gasteiger partial charge on any atom is -0.460 e. The third-order valence-corrected chi connectivity index (χ3v) is 4.66. The molecule has 1 aliphatic heterocycles. The van der Waals surface area contributed by atoms with E-state index in [-0.39, 0.29) is 12.5 Å². The topological polar surface area (TPSA) is 46.6 Å². The molecule has 1 heterocycles. The zero-order valence-corrected chi connectivity index (χ0v) is 15.0. The van der Waals surface area contributed by atoms with Crippen molar-refractivity contribution >= 4 is 29.2 Å². The normalized spacial score (nSPS) is 17.0. The molecule has 1 saturated heterocycles. The largest absolute Gasteiger partial charge is 0.460 e. The first kappa shape index (κ1) is 17.5. The fourth-order valence-corrected chi connectivity index (χ4v) is 3.61. The van der Waals surface area contributed by atoms with Gasteiger partial charge in [0.1, 0.15) is 12.5 Å². The van der Waals surface area contributed by atoms with Crippen LogP contribution in [-0.2, 0) is 20.9 Å². The lowest BCUT2D eigenvalue weighted by Gasteiger charge is -2.21. The Morgan fingerprint density at radius 2 is 1.84 bits per heavy atom. The van der Waals surface area contributed by atoms with Crippen molar-refractivity contribution in [1.82, 2.24) is 0 Å². The molecule has 0 radical (unpaired) electrons. The Morgan fingerprint density at radius 1 is 1.20 bits per heavy atom. The van der Waals surface area contributed by atoms with Gasteiger partial charge in [-0.05, 0) is 49.1 Å². The number of nitrogens with zero attached hydrogens (tertiary/aromatic N) is 1. The first-order chi connectivity index (χ1) is 12.0. The van der Waals surface area contributed by atoms with Crippen molar-refractivity contribution in [3.63, 3.8) is 0 Å². The molecule has 3 rings (SSSR count). The van der Waals surface area contributed by atoms with Crippen LogP contribution in [0.25, 0.3) is 0 Å². The Balaban J connectivity index is 1.70. The van der Waals surface area contributed by atoms with E-state index in [4.69, 9.17) is 16.3 Å². The van der Waals surface area contributed by atoms with Crippen molar-refractivity contribution < 1.29 is 14.3 Å². The average molecular weight is 358 g/mol. The first-order valence-electron chi connectivity index (χ1n) is 8.26. The molecule has 4 nitrogen and oxygen atoms in total. The van der Waals surface area contributed by atoms with Crippen LogP contribution in [0.2, 0.25) is 5.02 Å². The second-order valence-corrected chi connectivity index (χ2v) is 6.75. The molecule has 0 aliphatic carbocycles. The van der Waals surface area contributed by atoms with E-state index in [0.717, 1.165) is 22.4 Å². The minimum absolute atomic E-state index is 0.183. The summed E-state index contributed by atoms with van der Waals surface area (Å²) in [4.78, 5) is 26.8. The molecule has 0 N–H and O–H groups in total. The molecule has 1 amide bonds. The number of halogens is 1. The highest BCUT2D eigenvalue weighted by Gasteiger charge is 2.39. The Kier molecular flexibility index (Phi) is 5.09. The van der Waals surface area contributed by atoms with Gasteiger partial charge >= 0.3 is 5.97 Å². The summed E-state index contributed by atoms with van der Waals surface area (Å²) in [6.45, 7) is 4.53. The van der Waals surface area contributed by atoms with Gasteiger partial charge in [0.2, 0.25) is 5.91 Å². The number of ether oxygens (including phenoxy) is 1. The van der Waals surface area contributed by atoms with Gasteiger partial charge in [-0.25, -0.2) is 0 Å². The summed E-state index contributed by atoms with van der Waals surface area (Å²) in [7, 11) is 0. The lowest BCUT2D eigenvalue weighted by atomic mass is 10.1. The van der Waals surface area contributed by atoms with Crippen LogP contribution in [0.15, 0.2) is 42.5 Å². The van der Waals surface area contributed by atoms with Gasteiger partial charge in [0.25, 0.3) is 0 Å². The molecule has 130 valence electrons. The van der Waals surface area contributed by atoms with E-state index in [2.05, 4.69) is 0 Å². The highest BCUT2D eigenvalue weighted by molar-refractivity contribution is 6.30. The van der Waals surface area contributed by atoms with Gasteiger partial charge in [-0.15, -0.1) is 0 Å². The van der Waals surface area contributed by atoms with E-state index >= 15 is 0 Å². The van der Waals surface area contributed by atoms with Crippen LogP contribution >= 0.6 is 11.6 Å². The van der Waals surface area contributed by atoms with Crippen molar-refractivity contribution in [2.75, 3.05) is 11.4 Å². The molecule has 25 heavy (non-hydrogen) atoms. The molecule has 0 spiro atoms. The second kappa shape index (κ2) is 7.28. The molecule has 2 aromatic rings. The summed E-state index contributed by atoms with van der Waals surface area (Å²) in [5.41, 5.74) is 3.60. The van der Waals surface area contributed by atoms with E-state index in [1.165, 1.54) is 0 Å². The maximum absolute atomic E-state index is 12.7. The zero-order chi connectivity index (χ0) is 18.0. The van der Waals surface area contributed by atoms with Crippen LogP contribution in [0.4, 0.5) is 5.69 Å². The first-order valence-corrected chi connectivity index (χ1v) is 8.64. The third-order valence-electron chi connectivity index (χ3n) is 4.44. The maximum Gasteiger partial charge on any atom is 0.318 e. The number of carbonyl (C=O) groups is 2. The van der Waals surface area contributed by atoms with Crippen LogP contribution in [0.1, 0.15) is 23.1 Å². The van der Waals surface area contributed by atoms with E-state index in [9.17, 15) is 9.59 Å². The number of anilines is 1. The number of rotatable bonds is 4. The number of hydrogen-bond donors (Lipinski definition) is 0. The van der Waals surface area contributed by atoms with Gasteiger partial charge in [0.05, 0.1) is 0 Å². The fourth-order valence-electron chi connectivity index (χ4n) is 3.28. The number of carbonyl (C=O) groups excluding carboxylic acids is 2. The molecular formula is C20H20ClNO3. The molecular weight excluding hydrogens is 338 g/mol. The third kappa shape index (κ3) is 3.69. The average Bonchev–Trinajstić information content (AvgIpc) is 2.94. The van der Waals surface area contributed by atoms with Gasteiger partial charge in [0.15, 0.2) is 0 Å². The maximum atomic E-state index is 12.7. The van der Waals surface area contributed by atoms with Crippen molar-refractivity contribution in [3.05, 3.63) is 64.2 Å². The molecule has 1 unspecified atom stereocenters. The number of aryl methyl sites for hydroxylation is 2. The summed E-state index contributed by atoms with van der Waals surface area (Å²) in [6.07, 6.45) is 0.466. The molecule has 2 aromatic carbocycles. The van der Waals surface area contributed by atoms with Crippen LogP contribution < -0.4 is 4.90 Å². The van der Waals surface area contributed by atoms with Crippen LogP contribution in [0.5, 0.6) is 0 Å². The smallest absolute Gasteiger partial charge is 0.318 e. The standard InChI is InChI=1S/C20H20ClNO3/c1-13-10-16(21)11-14(2)18(13)22-9-8-17(19(22)23)20(24)25-12-15-6-4-3-5-7-15/h3-7,10-11,17H,8-9,12H2,1-2H3. The molecule has 1 atom stereocenters. The van der Waals surface area contributed by atoms with Gasteiger partial charge in [0, 0.05) is 17.3 Å². The van der Waals surface area contributed by atoms with Crippen molar-refractivity contribution in [3.8, 4) is 0 Å². The van der Waals surface area contributed by atoms with Crippen LogP contribution in [0.3, 0.4) is 0 Å². The predicted octanol–water partition coefficient (Wildman–Crippen LogP) is 4.05. The van der Waals surface area contributed by atoms with E-state index < -0.39 is 11.9 Å². The van der Waals surface area contributed by atoms with Crippen molar-refractivity contribution in [2.45, 2.75) is 26.9 Å². The molecule has 0 saturated carbocycles.